The van der Waals surface area contributed by atoms with E-state index in [1.54, 1.807) is 6.20 Å². The van der Waals surface area contributed by atoms with Crippen LogP contribution in [0.15, 0.2) is 42.7 Å². The lowest BCUT2D eigenvalue weighted by Gasteiger charge is -2.33. The SMILES string of the molecule is CC(C)C(NC(=O)N1CCC(OCc2ccccc2)CC1)c1nccn1C. The number of carbonyl (C=O) groups is 1. The molecule has 1 unspecified atom stereocenters. The summed E-state index contributed by atoms with van der Waals surface area (Å²) in [6.45, 7) is 6.27. The van der Waals surface area contributed by atoms with Crippen molar-refractivity contribution in [1.82, 2.24) is 19.8 Å². The summed E-state index contributed by atoms with van der Waals surface area (Å²) < 4.78 is 7.99. The average molecular weight is 370 g/mol. The number of hydrogen-bond acceptors (Lipinski definition) is 3. The summed E-state index contributed by atoms with van der Waals surface area (Å²) in [6.07, 6.45) is 5.63. The fourth-order valence-corrected chi connectivity index (χ4v) is 3.44. The van der Waals surface area contributed by atoms with Crippen LogP contribution < -0.4 is 5.32 Å². The summed E-state index contributed by atoms with van der Waals surface area (Å²) in [5.41, 5.74) is 1.19. The van der Waals surface area contributed by atoms with Crippen LogP contribution >= 0.6 is 0 Å². The molecular formula is C21H30N4O2. The number of nitrogens with one attached hydrogen (secondary N) is 1. The number of rotatable bonds is 6. The number of aryl methyl sites for hydroxylation is 1. The van der Waals surface area contributed by atoms with E-state index in [0.29, 0.717) is 6.61 Å². The van der Waals surface area contributed by atoms with E-state index in [1.165, 1.54) is 5.56 Å². The molecule has 0 bridgehead atoms. The lowest BCUT2D eigenvalue weighted by molar-refractivity contribution is 0.00414. The quantitative estimate of drug-likeness (QED) is 0.846. The van der Waals surface area contributed by atoms with Crippen LogP contribution in [0.1, 0.15) is 44.1 Å². The van der Waals surface area contributed by atoms with Gasteiger partial charge in [0.25, 0.3) is 0 Å². The molecular weight excluding hydrogens is 340 g/mol. The number of urea groups is 1. The molecule has 0 spiro atoms. The molecule has 0 aliphatic carbocycles. The van der Waals surface area contributed by atoms with Gasteiger partial charge >= 0.3 is 6.03 Å². The smallest absolute Gasteiger partial charge is 0.317 e. The van der Waals surface area contributed by atoms with Gasteiger partial charge < -0.3 is 19.5 Å². The number of likely N-dealkylation sites (tertiary alicyclic amines) is 1. The molecule has 1 atom stereocenters. The Labute approximate surface area is 161 Å². The number of carbonyl (C=O) groups excluding carboxylic acids is 1. The molecule has 146 valence electrons. The molecule has 1 fully saturated rings. The van der Waals surface area contributed by atoms with Crippen LogP contribution in [0.4, 0.5) is 4.79 Å². The first-order chi connectivity index (χ1) is 13.0. The van der Waals surface area contributed by atoms with E-state index in [4.69, 9.17) is 4.74 Å². The van der Waals surface area contributed by atoms with Crippen molar-refractivity contribution in [2.75, 3.05) is 13.1 Å². The van der Waals surface area contributed by atoms with Crippen molar-refractivity contribution in [3.63, 3.8) is 0 Å². The van der Waals surface area contributed by atoms with Gasteiger partial charge in [-0.15, -0.1) is 0 Å². The number of benzene rings is 1. The van der Waals surface area contributed by atoms with Crippen LogP contribution in [-0.4, -0.2) is 39.7 Å². The Morgan fingerprint density at radius 1 is 1.26 bits per heavy atom. The zero-order valence-electron chi connectivity index (χ0n) is 16.5. The molecule has 0 radical (unpaired) electrons. The van der Waals surface area contributed by atoms with E-state index in [-0.39, 0.29) is 24.1 Å². The van der Waals surface area contributed by atoms with E-state index in [0.717, 1.165) is 31.8 Å². The van der Waals surface area contributed by atoms with Gasteiger partial charge in [-0.25, -0.2) is 9.78 Å². The molecule has 6 nitrogen and oxygen atoms in total. The Morgan fingerprint density at radius 3 is 2.56 bits per heavy atom. The molecule has 1 N–H and O–H groups in total. The van der Waals surface area contributed by atoms with E-state index < -0.39 is 0 Å². The third-order valence-corrected chi connectivity index (χ3v) is 5.14. The lowest BCUT2D eigenvalue weighted by atomic mass is 10.0. The second-order valence-electron chi connectivity index (χ2n) is 7.55. The van der Waals surface area contributed by atoms with Crippen molar-refractivity contribution in [3.05, 3.63) is 54.1 Å². The standard InChI is InChI=1S/C21H30N4O2/c1-16(2)19(20-22-11-14-24(20)3)23-21(26)25-12-9-18(10-13-25)27-15-17-7-5-4-6-8-17/h4-8,11,14,16,18-19H,9-10,12-13,15H2,1-3H3,(H,23,26). The van der Waals surface area contributed by atoms with Gasteiger partial charge in [0.2, 0.25) is 0 Å². The first kappa shape index (κ1) is 19.4. The minimum atomic E-state index is -0.0930. The second kappa shape index (κ2) is 9.04. The Balaban J connectivity index is 1.48. The predicted molar refractivity (Wildman–Crippen MR) is 105 cm³/mol. The minimum absolute atomic E-state index is 0.0155. The maximum absolute atomic E-state index is 12.7. The highest BCUT2D eigenvalue weighted by molar-refractivity contribution is 5.74. The maximum atomic E-state index is 12.7. The zero-order valence-corrected chi connectivity index (χ0v) is 16.5. The minimum Gasteiger partial charge on any atom is -0.373 e. The van der Waals surface area contributed by atoms with E-state index >= 15 is 0 Å². The van der Waals surface area contributed by atoms with Gasteiger partial charge in [0.15, 0.2) is 0 Å². The molecule has 1 aromatic carbocycles. The molecule has 6 heteroatoms. The predicted octanol–water partition coefficient (Wildman–Crippen LogP) is 3.51. The van der Waals surface area contributed by atoms with E-state index in [9.17, 15) is 4.79 Å². The average Bonchev–Trinajstić information content (AvgIpc) is 3.11. The maximum Gasteiger partial charge on any atom is 0.317 e. The Kier molecular flexibility index (Phi) is 6.50. The molecule has 1 aliphatic rings. The Bertz CT molecular complexity index is 721. The summed E-state index contributed by atoms with van der Waals surface area (Å²) in [7, 11) is 1.96. The third-order valence-electron chi connectivity index (χ3n) is 5.14. The van der Waals surface area contributed by atoms with Crippen molar-refractivity contribution in [2.24, 2.45) is 13.0 Å². The number of ether oxygens (including phenoxy) is 1. The highest BCUT2D eigenvalue weighted by Gasteiger charge is 2.27. The molecule has 2 aromatic rings. The van der Waals surface area contributed by atoms with E-state index in [1.807, 2.05) is 40.9 Å². The van der Waals surface area contributed by atoms with Gasteiger partial charge in [0.05, 0.1) is 18.8 Å². The monoisotopic (exact) mass is 370 g/mol. The van der Waals surface area contributed by atoms with Crippen LogP contribution in [0.3, 0.4) is 0 Å². The van der Waals surface area contributed by atoms with Crippen LogP contribution in [-0.2, 0) is 18.4 Å². The number of nitrogens with zero attached hydrogens (tertiary/aromatic N) is 3. The lowest BCUT2D eigenvalue weighted by Crippen LogP contribution is -2.48. The summed E-state index contributed by atoms with van der Waals surface area (Å²) in [4.78, 5) is 19.0. The van der Waals surface area contributed by atoms with Gasteiger partial charge in [-0.1, -0.05) is 44.2 Å². The fourth-order valence-electron chi connectivity index (χ4n) is 3.44. The molecule has 1 saturated heterocycles. The number of aromatic nitrogens is 2. The number of piperidine rings is 1. The third kappa shape index (κ3) is 5.10. The zero-order chi connectivity index (χ0) is 19.2. The fraction of sp³-hybridized carbons (Fsp3) is 0.524. The largest absolute Gasteiger partial charge is 0.373 e. The van der Waals surface area contributed by atoms with Crippen LogP contribution in [0.5, 0.6) is 0 Å². The van der Waals surface area contributed by atoms with Crippen molar-refractivity contribution in [3.8, 4) is 0 Å². The first-order valence-electron chi connectivity index (χ1n) is 9.72. The molecule has 0 saturated carbocycles. The molecule has 1 aliphatic heterocycles. The second-order valence-corrected chi connectivity index (χ2v) is 7.55. The summed E-state index contributed by atoms with van der Waals surface area (Å²) in [5, 5.41) is 3.16. The Hall–Kier alpha value is -2.34. The summed E-state index contributed by atoms with van der Waals surface area (Å²) in [5.74, 6) is 1.15. The van der Waals surface area contributed by atoms with Crippen LogP contribution in [0, 0.1) is 5.92 Å². The number of amides is 2. The highest BCUT2D eigenvalue weighted by Crippen LogP contribution is 2.21. The molecule has 2 heterocycles. The molecule has 3 rings (SSSR count). The van der Waals surface area contributed by atoms with Gasteiger partial charge in [0.1, 0.15) is 5.82 Å². The molecule has 1 aromatic heterocycles. The van der Waals surface area contributed by atoms with Crippen molar-refractivity contribution in [2.45, 2.75) is 45.4 Å². The van der Waals surface area contributed by atoms with Crippen LogP contribution in [0.25, 0.3) is 0 Å². The normalized spacial score (nSPS) is 16.5. The van der Waals surface area contributed by atoms with Crippen molar-refractivity contribution in [1.29, 1.82) is 0 Å². The highest BCUT2D eigenvalue weighted by atomic mass is 16.5. The first-order valence-corrected chi connectivity index (χ1v) is 9.72. The summed E-state index contributed by atoms with van der Waals surface area (Å²) >= 11 is 0. The Morgan fingerprint density at radius 2 is 1.96 bits per heavy atom. The molecule has 27 heavy (non-hydrogen) atoms. The van der Waals surface area contributed by atoms with Gasteiger partial charge in [-0.2, -0.15) is 0 Å². The van der Waals surface area contributed by atoms with Crippen molar-refractivity contribution >= 4 is 6.03 Å². The van der Waals surface area contributed by atoms with E-state index in [2.05, 4.69) is 36.3 Å². The summed E-state index contributed by atoms with van der Waals surface area (Å²) in [6, 6.07) is 10.1. The van der Waals surface area contributed by atoms with Gasteiger partial charge in [-0.05, 0) is 24.3 Å². The van der Waals surface area contributed by atoms with Crippen molar-refractivity contribution < 1.29 is 9.53 Å². The number of imidazole rings is 1. The van der Waals surface area contributed by atoms with Crippen LogP contribution in [0.2, 0.25) is 0 Å². The van der Waals surface area contributed by atoms with Gasteiger partial charge in [-0.3, -0.25) is 0 Å². The molecule has 2 amide bonds. The van der Waals surface area contributed by atoms with Gasteiger partial charge in [0, 0.05) is 32.5 Å². The number of hydrogen-bond donors (Lipinski definition) is 1. The topological polar surface area (TPSA) is 59.4 Å².